The van der Waals surface area contributed by atoms with Crippen LogP contribution in [-0.4, -0.2) is 7.11 Å². The van der Waals surface area contributed by atoms with E-state index in [4.69, 9.17) is 21.1 Å². The Hall–Kier alpha value is -1.69. The molecular formula is C21H18Br2ClNO2. The van der Waals surface area contributed by atoms with Crippen molar-refractivity contribution >= 4 is 49.1 Å². The highest BCUT2D eigenvalue weighted by atomic mass is 79.9. The fourth-order valence-corrected chi connectivity index (χ4v) is 4.24. The van der Waals surface area contributed by atoms with E-state index in [2.05, 4.69) is 43.2 Å². The van der Waals surface area contributed by atoms with Crippen LogP contribution in [0.5, 0.6) is 11.5 Å². The smallest absolute Gasteiger partial charge is 0.139 e. The number of hydrogen-bond donors (Lipinski definition) is 1. The van der Waals surface area contributed by atoms with Crippen molar-refractivity contribution in [2.75, 3.05) is 12.4 Å². The predicted molar refractivity (Wildman–Crippen MR) is 118 cm³/mol. The van der Waals surface area contributed by atoms with Crippen LogP contribution in [0.1, 0.15) is 11.1 Å². The van der Waals surface area contributed by atoms with Crippen LogP contribution >= 0.6 is 43.5 Å². The summed E-state index contributed by atoms with van der Waals surface area (Å²) in [7, 11) is 1.66. The lowest BCUT2D eigenvalue weighted by atomic mass is 10.2. The van der Waals surface area contributed by atoms with Gasteiger partial charge >= 0.3 is 0 Å². The van der Waals surface area contributed by atoms with E-state index in [0.29, 0.717) is 18.2 Å². The Morgan fingerprint density at radius 2 is 1.78 bits per heavy atom. The zero-order valence-corrected chi connectivity index (χ0v) is 18.6. The van der Waals surface area contributed by atoms with Gasteiger partial charge in [-0.25, -0.2) is 0 Å². The van der Waals surface area contributed by atoms with Gasteiger partial charge in [-0.2, -0.15) is 0 Å². The highest BCUT2D eigenvalue weighted by Gasteiger charge is 2.11. The van der Waals surface area contributed by atoms with Crippen molar-refractivity contribution in [2.45, 2.75) is 13.2 Å². The zero-order chi connectivity index (χ0) is 19.2. The van der Waals surface area contributed by atoms with Crippen molar-refractivity contribution < 1.29 is 9.47 Å². The average Bonchev–Trinajstić information content (AvgIpc) is 2.66. The Bertz CT molecular complexity index is 917. The van der Waals surface area contributed by atoms with Crippen molar-refractivity contribution in [3.63, 3.8) is 0 Å². The van der Waals surface area contributed by atoms with Crippen LogP contribution in [0.15, 0.2) is 69.6 Å². The summed E-state index contributed by atoms with van der Waals surface area (Å²) in [5, 5.41) is 4.12. The van der Waals surface area contributed by atoms with Gasteiger partial charge in [0.25, 0.3) is 0 Å². The molecule has 3 rings (SSSR count). The van der Waals surface area contributed by atoms with Gasteiger partial charge in [-0.1, -0.05) is 39.7 Å². The fourth-order valence-electron chi connectivity index (χ4n) is 2.60. The molecule has 0 aliphatic rings. The van der Waals surface area contributed by atoms with Crippen molar-refractivity contribution in [2.24, 2.45) is 0 Å². The van der Waals surface area contributed by atoms with E-state index >= 15 is 0 Å². The molecule has 0 saturated heterocycles. The van der Waals surface area contributed by atoms with Gasteiger partial charge in [-0.15, -0.1) is 0 Å². The molecule has 0 spiro atoms. The van der Waals surface area contributed by atoms with Crippen molar-refractivity contribution in [1.29, 1.82) is 0 Å². The van der Waals surface area contributed by atoms with Crippen LogP contribution < -0.4 is 14.8 Å². The molecule has 27 heavy (non-hydrogen) atoms. The molecule has 0 bridgehead atoms. The molecule has 0 aliphatic carbocycles. The third kappa shape index (κ3) is 5.64. The SMILES string of the molecule is COc1ccc(NCc2cc(Br)cc(Br)c2OCc2cccc(Cl)c2)cc1. The minimum Gasteiger partial charge on any atom is -0.497 e. The van der Waals surface area contributed by atoms with Gasteiger partial charge in [0, 0.05) is 27.3 Å². The minimum atomic E-state index is 0.441. The van der Waals surface area contributed by atoms with Gasteiger partial charge in [0.2, 0.25) is 0 Å². The standard InChI is InChI=1S/C21H18Br2ClNO2/c1-26-19-7-5-18(6-8-19)25-12-15-10-16(22)11-20(23)21(15)27-13-14-3-2-4-17(24)9-14/h2-11,25H,12-13H2,1H3. The third-order valence-corrected chi connectivity index (χ3v) is 5.21. The van der Waals surface area contributed by atoms with E-state index < -0.39 is 0 Å². The lowest BCUT2D eigenvalue weighted by Crippen LogP contribution is -2.05. The number of methoxy groups -OCH3 is 1. The molecular weight excluding hydrogens is 493 g/mol. The monoisotopic (exact) mass is 509 g/mol. The quantitative estimate of drug-likeness (QED) is 0.368. The number of nitrogens with one attached hydrogen (secondary N) is 1. The number of halogens is 3. The molecule has 3 aromatic carbocycles. The molecule has 140 valence electrons. The maximum Gasteiger partial charge on any atom is 0.139 e. The minimum absolute atomic E-state index is 0.441. The number of anilines is 1. The summed E-state index contributed by atoms with van der Waals surface area (Å²) in [6, 6.07) is 19.5. The van der Waals surface area contributed by atoms with E-state index in [9.17, 15) is 0 Å². The lowest BCUT2D eigenvalue weighted by molar-refractivity contribution is 0.301. The summed E-state index contributed by atoms with van der Waals surface area (Å²) < 4.78 is 13.2. The van der Waals surface area contributed by atoms with E-state index in [1.807, 2.05) is 54.6 Å². The summed E-state index contributed by atoms with van der Waals surface area (Å²) >= 11 is 13.2. The Kier molecular flexibility index (Phi) is 7.05. The van der Waals surface area contributed by atoms with Gasteiger partial charge in [0.1, 0.15) is 18.1 Å². The highest BCUT2D eigenvalue weighted by Crippen LogP contribution is 2.34. The molecule has 0 heterocycles. The summed E-state index contributed by atoms with van der Waals surface area (Å²) in [6.07, 6.45) is 0. The van der Waals surface area contributed by atoms with Gasteiger partial charge in [0.05, 0.1) is 11.6 Å². The third-order valence-electron chi connectivity index (χ3n) is 3.93. The molecule has 0 amide bonds. The Morgan fingerprint density at radius 1 is 1.00 bits per heavy atom. The second kappa shape index (κ2) is 9.49. The Balaban J connectivity index is 1.75. The Labute approximate surface area is 180 Å². The molecule has 0 radical (unpaired) electrons. The molecule has 0 fully saturated rings. The normalized spacial score (nSPS) is 10.5. The van der Waals surface area contributed by atoms with Crippen LogP contribution in [-0.2, 0) is 13.2 Å². The molecule has 0 unspecified atom stereocenters. The van der Waals surface area contributed by atoms with Gasteiger partial charge in [0.15, 0.2) is 0 Å². The van der Waals surface area contributed by atoms with E-state index in [1.54, 1.807) is 7.11 Å². The molecule has 3 nitrogen and oxygen atoms in total. The zero-order valence-electron chi connectivity index (χ0n) is 14.6. The highest BCUT2D eigenvalue weighted by molar-refractivity contribution is 9.11. The molecule has 1 N–H and O–H groups in total. The number of rotatable bonds is 7. The van der Waals surface area contributed by atoms with Crippen molar-refractivity contribution in [3.8, 4) is 11.5 Å². The first-order valence-corrected chi connectivity index (χ1v) is 10.2. The van der Waals surface area contributed by atoms with Gasteiger partial charge in [-0.05, 0) is 70.0 Å². The first-order chi connectivity index (χ1) is 13.0. The van der Waals surface area contributed by atoms with Gasteiger partial charge in [-0.3, -0.25) is 0 Å². The van der Waals surface area contributed by atoms with Crippen molar-refractivity contribution in [3.05, 3.63) is 85.8 Å². The summed E-state index contributed by atoms with van der Waals surface area (Å²) in [6.45, 7) is 1.06. The molecule has 3 aromatic rings. The number of ether oxygens (including phenoxy) is 2. The summed E-state index contributed by atoms with van der Waals surface area (Å²) in [5.74, 6) is 1.63. The van der Waals surface area contributed by atoms with Crippen LogP contribution in [0.3, 0.4) is 0 Å². The van der Waals surface area contributed by atoms with Crippen LogP contribution in [0.2, 0.25) is 5.02 Å². The predicted octanol–water partition coefficient (Wildman–Crippen LogP) is 7.06. The first kappa shape index (κ1) is 20.1. The maximum absolute atomic E-state index is 6.10. The summed E-state index contributed by atoms with van der Waals surface area (Å²) in [5.41, 5.74) is 3.06. The van der Waals surface area contributed by atoms with Crippen LogP contribution in [0, 0.1) is 0 Å². The first-order valence-electron chi connectivity index (χ1n) is 8.28. The molecule has 6 heteroatoms. The van der Waals surface area contributed by atoms with Crippen LogP contribution in [0.25, 0.3) is 0 Å². The van der Waals surface area contributed by atoms with E-state index in [0.717, 1.165) is 37.3 Å². The summed E-state index contributed by atoms with van der Waals surface area (Å²) in [4.78, 5) is 0. The number of hydrogen-bond acceptors (Lipinski definition) is 3. The topological polar surface area (TPSA) is 30.5 Å². The maximum atomic E-state index is 6.10. The Morgan fingerprint density at radius 3 is 2.48 bits per heavy atom. The fraction of sp³-hybridized carbons (Fsp3) is 0.143. The molecule has 0 aromatic heterocycles. The largest absolute Gasteiger partial charge is 0.497 e. The second-order valence-electron chi connectivity index (χ2n) is 5.88. The van der Waals surface area contributed by atoms with Crippen LogP contribution in [0.4, 0.5) is 5.69 Å². The molecule has 0 aliphatic heterocycles. The lowest BCUT2D eigenvalue weighted by Gasteiger charge is -2.16. The van der Waals surface area contributed by atoms with E-state index in [1.165, 1.54) is 0 Å². The average molecular weight is 512 g/mol. The second-order valence-corrected chi connectivity index (χ2v) is 8.08. The number of benzene rings is 3. The van der Waals surface area contributed by atoms with Gasteiger partial charge < -0.3 is 14.8 Å². The van der Waals surface area contributed by atoms with Crippen molar-refractivity contribution in [1.82, 2.24) is 0 Å². The molecule has 0 atom stereocenters. The molecule has 0 saturated carbocycles. The van der Waals surface area contributed by atoms with E-state index in [-0.39, 0.29) is 0 Å².